The van der Waals surface area contributed by atoms with Crippen LogP contribution in [-0.2, 0) is 41.3 Å². The summed E-state index contributed by atoms with van der Waals surface area (Å²) in [6, 6.07) is 10.6. The second-order valence-electron chi connectivity index (χ2n) is 9.08. The van der Waals surface area contributed by atoms with Crippen LogP contribution in [0.3, 0.4) is 0 Å². The van der Waals surface area contributed by atoms with E-state index in [-0.39, 0.29) is 24.7 Å². The molecule has 0 radical (unpaired) electrons. The number of Topliss-reactive ketones (excluding diaryl/α,β-unsaturated/α-hetero) is 1. The number of H-pyrrole nitrogens is 1. The number of amides is 1. The summed E-state index contributed by atoms with van der Waals surface area (Å²) in [5.41, 5.74) is -1.16. The number of nitrogens with one attached hydrogen (secondary N) is 2. The number of nitrogens with zero attached hydrogens (tertiary/aromatic N) is 1. The van der Waals surface area contributed by atoms with Crippen molar-refractivity contribution in [3.05, 3.63) is 101 Å². The fourth-order valence-electron chi connectivity index (χ4n) is 4.19. The zero-order valence-corrected chi connectivity index (χ0v) is 20.8. The third-order valence-electron chi connectivity index (χ3n) is 6.18. The van der Waals surface area contributed by atoms with E-state index in [9.17, 15) is 35.9 Å². The molecule has 0 saturated carbocycles. The maximum atomic E-state index is 13.2. The van der Waals surface area contributed by atoms with Crippen LogP contribution < -0.4 is 5.32 Å². The smallest absolute Gasteiger partial charge is 0.416 e. The molecule has 2 N–H and O–H groups in total. The molecule has 0 bridgehead atoms. The SMILES string of the molecule is O=C(NC(Cc1c[nH]c2ccccc12)C(=O)CCc1cc(C(F)(F)F)cc(C(F)(F)F)c1)OCc1cccnc1. The number of aromatic nitrogens is 2. The number of aromatic amines is 1. The fraction of sp³-hybridized carbons (Fsp3) is 0.250. The quantitative estimate of drug-likeness (QED) is 0.224. The summed E-state index contributed by atoms with van der Waals surface area (Å²) >= 11 is 0. The number of hydrogen-bond donors (Lipinski definition) is 2. The van der Waals surface area contributed by atoms with Gasteiger partial charge in [-0.25, -0.2) is 4.79 Å². The molecule has 2 aromatic heterocycles. The molecule has 1 atom stereocenters. The first-order valence-corrected chi connectivity index (χ1v) is 12.1. The van der Waals surface area contributed by atoms with E-state index < -0.39 is 54.2 Å². The van der Waals surface area contributed by atoms with Crippen LogP contribution in [0.15, 0.2) is 73.2 Å². The van der Waals surface area contributed by atoms with E-state index in [1.807, 2.05) is 18.2 Å². The normalized spacial score (nSPS) is 12.8. The number of benzene rings is 2. The fourth-order valence-corrected chi connectivity index (χ4v) is 4.19. The van der Waals surface area contributed by atoms with Crippen molar-refractivity contribution in [2.24, 2.45) is 0 Å². The molecule has 12 heteroatoms. The lowest BCUT2D eigenvalue weighted by Crippen LogP contribution is -2.42. The van der Waals surface area contributed by atoms with Crippen LogP contribution in [0.2, 0.25) is 0 Å². The predicted octanol–water partition coefficient (Wildman–Crippen LogP) is 6.64. The highest BCUT2D eigenvalue weighted by molar-refractivity contribution is 5.89. The van der Waals surface area contributed by atoms with Gasteiger partial charge in [0.2, 0.25) is 0 Å². The molecule has 0 saturated heterocycles. The zero-order chi connectivity index (χ0) is 28.9. The van der Waals surface area contributed by atoms with Crippen LogP contribution in [0.4, 0.5) is 31.1 Å². The molecule has 210 valence electrons. The number of pyridine rings is 1. The Labute approximate surface area is 224 Å². The van der Waals surface area contributed by atoms with Crippen molar-refractivity contribution in [3.63, 3.8) is 0 Å². The van der Waals surface area contributed by atoms with Gasteiger partial charge in [-0.2, -0.15) is 26.3 Å². The number of hydrogen-bond acceptors (Lipinski definition) is 4. The van der Waals surface area contributed by atoms with Gasteiger partial charge >= 0.3 is 18.4 Å². The summed E-state index contributed by atoms with van der Waals surface area (Å²) in [5.74, 6) is -0.588. The van der Waals surface area contributed by atoms with Crippen LogP contribution in [0, 0.1) is 0 Å². The number of alkyl halides is 6. The lowest BCUT2D eigenvalue weighted by molar-refractivity contribution is -0.143. The third-order valence-corrected chi connectivity index (χ3v) is 6.18. The number of ketones is 1. The van der Waals surface area contributed by atoms with Crippen LogP contribution in [0.5, 0.6) is 0 Å². The van der Waals surface area contributed by atoms with E-state index in [1.54, 1.807) is 30.6 Å². The van der Waals surface area contributed by atoms with Gasteiger partial charge in [-0.3, -0.25) is 9.78 Å². The summed E-state index contributed by atoms with van der Waals surface area (Å²) in [5, 5.41) is 3.28. The molecule has 0 aliphatic heterocycles. The molecule has 1 amide bonds. The topological polar surface area (TPSA) is 84.1 Å². The van der Waals surface area contributed by atoms with Gasteiger partial charge < -0.3 is 15.0 Å². The monoisotopic (exact) mass is 563 g/mol. The van der Waals surface area contributed by atoms with Crippen molar-refractivity contribution in [1.29, 1.82) is 0 Å². The Kier molecular flexibility index (Phi) is 8.46. The number of fused-ring (bicyclic) bond motifs is 1. The number of carbonyl (C=O) groups is 2. The van der Waals surface area contributed by atoms with E-state index in [1.165, 1.54) is 6.20 Å². The third kappa shape index (κ3) is 7.39. The van der Waals surface area contributed by atoms with Gasteiger partial charge in [-0.05, 0) is 47.9 Å². The molecule has 0 aliphatic rings. The minimum atomic E-state index is -5.00. The summed E-state index contributed by atoms with van der Waals surface area (Å²) in [6.07, 6.45) is -7.03. The van der Waals surface area contributed by atoms with E-state index in [0.29, 0.717) is 23.3 Å². The highest BCUT2D eigenvalue weighted by Gasteiger charge is 2.37. The Hall–Kier alpha value is -4.35. The number of carbonyl (C=O) groups excluding carboxylic acids is 2. The molecule has 40 heavy (non-hydrogen) atoms. The summed E-state index contributed by atoms with van der Waals surface area (Å²) in [4.78, 5) is 32.7. The Balaban J connectivity index is 1.52. The van der Waals surface area contributed by atoms with Crippen molar-refractivity contribution in [3.8, 4) is 0 Å². The Morgan fingerprint density at radius 1 is 0.925 bits per heavy atom. The lowest BCUT2D eigenvalue weighted by Gasteiger charge is -2.18. The van der Waals surface area contributed by atoms with Crippen LogP contribution in [0.25, 0.3) is 10.9 Å². The van der Waals surface area contributed by atoms with Crippen molar-refractivity contribution in [2.75, 3.05) is 0 Å². The van der Waals surface area contributed by atoms with E-state index in [2.05, 4.69) is 15.3 Å². The van der Waals surface area contributed by atoms with Crippen LogP contribution >= 0.6 is 0 Å². The summed E-state index contributed by atoms with van der Waals surface area (Å²) in [6.45, 7) is -0.127. The Morgan fingerprint density at radius 2 is 1.62 bits per heavy atom. The number of para-hydroxylation sites is 1. The van der Waals surface area contributed by atoms with Gasteiger partial charge in [0.1, 0.15) is 6.61 Å². The second-order valence-corrected chi connectivity index (χ2v) is 9.08. The number of alkyl carbamates (subject to hydrolysis) is 1. The first-order valence-electron chi connectivity index (χ1n) is 12.1. The first kappa shape index (κ1) is 28.7. The molecule has 1 unspecified atom stereocenters. The van der Waals surface area contributed by atoms with Gasteiger partial charge in [0.25, 0.3) is 0 Å². The van der Waals surface area contributed by atoms with Gasteiger partial charge in [-0.1, -0.05) is 24.3 Å². The largest absolute Gasteiger partial charge is 0.445 e. The standard InChI is InChI=1S/C28H23F6N3O3/c29-27(30,31)20-10-17(11-21(13-20)28(32,33)34)7-8-25(38)24(12-19-15-36-23-6-2-1-5-22(19)23)37-26(39)40-16-18-4-3-9-35-14-18/h1-6,9-11,13-15,24,36H,7-8,12,16H2,(H,37,39). The van der Waals surface area contributed by atoms with Crippen LogP contribution in [-0.4, -0.2) is 27.9 Å². The molecule has 0 aliphatic carbocycles. The molecule has 4 aromatic rings. The molecule has 2 heterocycles. The molecule has 0 fully saturated rings. The minimum absolute atomic E-state index is 0.0151. The van der Waals surface area contributed by atoms with Gasteiger partial charge in [0, 0.05) is 47.9 Å². The van der Waals surface area contributed by atoms with Gasteiger partial charge in [-0.15, -0.1) is 0 Å². The molecule has 0 spiro atoms. The van der Waals surface area contributed by atoms with Gasteiger partial charge in [0.15, 0.2) is 5.78 Å². The Morgan fingerprint density at radius 3 is 2.27 bits per heavy atom. The van der Waals surface area contributed by atoms with Crippen molar-refractivity contribution < 1.29 is 40.7 Å². The maximum absolute atomic E-state index is 13.2. The van der Waals surface area contributed by atoms with Crippen LogP contribution in [0.1, 0.15) is 34.2 Å². The molecule has 4 rings (SSSR count). The molecular weight excluding hydrogens is 540 g/mol. The second kappa shape index (κ2) is 11.8. The number of ether oxygens (including phenoxy) is 1. The first-order chi connectivity index (χ1) is 18.9. The maximum Gasteiger partial charge on any atom is 0.416 e. The highest BCUT2D eigenvalue weighted by Crippen LogP contribution is 2.36. The molecule has 6 nitrogen and oxygen atoms in total. The van der Waals surface area contributed by atoms with E-state index in [0.717, 1.165) is 10.9 Å². The van der Waals surface area contributed by atoms with Crippen molar-refractivity contribution in [1.82, 2.24) is 15.3 Å². The minimum Gasteiger partial charge on any atom is -0.445 e. The summed E-state index contributed by atoms with van der Waals surface area (Å²) < 4.78 is 84.6. The van der Waals surface area contributed by atoms with E-state index >= 15 is 0 Å². The highest BCUT2D eigenvalue weighted by atomic mass is 19.4. The van der Waals surface area contributed by atoms with Gasteiger partial charge in [0.05, 0.1) is 17.2 Å². The number of aryl methyl sites for hydroxylation is 1. The van der Waals surface area contributed by atoms with Crippen molar-refractivity contribution in [2.45, 2.75) is 44.3 Å². The zero-order valence-electron chi connectivity index (χ0n) is 20.8. The average molecular weight is 563 g/mol. The number of rotatable bonds is 9. The predicted molar refractivity (Wildman–Crippen MR) is 133 cm³/mol. The summed E-state index contributed by atoms with van der Waals surface area (Å²) in [7, 11) is 0. The molecular formula is C28H23F6N3O3. The average Bonchev–Trinajstić information content (AvgIpc) is 3.32. The lowest BCUT2D eigenvalue weighted by atomic mass is 9.96. The van der Waals surface area contributed by atoms with Crippen molar-refractivity contribution >= 4 is 22.8 Å². The Bertz CT molecular complexity index is 1450. The number of halogens is 6. The molecule has 2 aromatic carbocycles. The van der Waals surface area contributed by atoms with E-state index in [4.69, 9.17) is 4.74 Å².